The summed E-state index contributed by atoms with van der Waals surface area (Å²) in [7, 11) is 0. The van der Waals surface area contributed by atoms with Gasteiger partial charge in [0.25, 0.3) is 0 Å². The average molecular weight is 318 g/mol. The van der Waals surface area contributed by atoms with Gasteiger partial charge < -0.3 is 0 Å². The second-order valence-electron chi connectivity index (χ2n) is 4.72. The summed E-state index contributed by atoms with van der Waals surface area (Å²) < 4.78 is 0. The van der Waals surface area contributed by atoms with Crippen LogP contribution < -0.4 is 0 Å². The molecule has 0 unspecified atom stereocenters. The second-order valence-corrected chi connectivity index (χ2v) is 6.32. The van der Waals surface area contributed by atoms with Crippen LogP contribution in [0, 0.1) is 5.41 Å². The lowest BCUT2D eigenvalue weighted by atomic mass is 9.84. The molecular weight excluding hydrogens is 294 g/mol. The topological polar surface area (TPSA) is 3.24 Å². The molecule has 0 saturated heterocycles. The van der Waals surface area contributed by atoms with Crippen molar-refractivity contribution in [3.05, 3.63) is 22.4 Å². The molecule has 1 aromatic heterocycles. The van der Waals surface area contributed by atoms with Crippen molar-refractivity contribution in [2.75, 3.05) is 18.4 Å². The fourth-order valence-corrected chi connectivity index (χ4v) is 3.80. The highest BCUT2D eigenvalue weighted by Crippen LogP contribution is 2.30. The third kappa shape index (κ3) is 4.38. The number of nitrogens with zero attached hydrogens (tertiary/aromatic N) is 1. The van der Waals surface area contributed by atoms with Gasteiger partial charge in [-0.05, 0) is 36.2 Å². The van der Waals surface area contributed by atoms with Crippen molar-refractivity contribution in [2.24, 2.45) is 5.41 Å². The third-order valence-corrected chi connectivity index (χ3v) is 5.80. The monoisotopic (exact) mass is 317 g/mol. The van der Waals surface area contributed by atoms with Crippen molar-refractivity contribution in [3.63, 3.8) is 0 Å². The Labute approximate surface area is 118 Å². The maximum Gasteiger partial charge on any atom is 0.0328 e. The van der Waals surface area contributed by atoms with E-state index in [-0.39, 0.29) is 0 Å². The molecule has 17 heavy (non-hydrogen) atoms. The Morgan fingerprint density at radius 3 is 2.41 bits per heavy atom. The number of hydrogen-bond donors (Lipinski definition) is 0. The summed E-state index contributed by atoms with van der Waals surface area (Å²) in [6.07, 6.45) is 2.49. The van der Waals surface area contributed by atoms with Gasteiger partial charge in [-0.3, -0.25) is 4.90 Å². The average Bonchev–Trinajstić information content (AvgIpc) is 2.87. The maximum atomic E-state index is 3.70. The minimum Gasteiger partial charge on any atom is -0.298 e. The van der Waals surface area contributed by atoms with Crippen LogP contribution in [0.4, 0.5) is 0 Å². The summed E-state index contributed by atoms with van der Waals surface area (Å²) >= 11 is 5.57. The van der Waals surface area contributed by atoms with E-state index in [1.54, 1.807) is 0 Å². The number of hydrogen-bond acceptors (Lipinski definition) is 2. The van der Waals surface area contributed by atoms with Crippen molar-refractivity contribution in [2.45, 2.75) is 40.2 Å². The molecule has 0 spiro atoms. The van der Waals surface area contributed by atoms with Crippen LogP contribution in [-0.4, -0.2) is 23.3 Å². The Morgan fingerprint density at radius 1 is 1.29 bits per heavy atom. The predicted molar refractivity (Wildman–Crippen MR) is 82.1 cm³/mol. The van der Waals surface area contributed by atoms with Crippen molar-refractivity contribution in [3.8, 4) is 0 Å². The SMILES string of the molecule is CCN(Cc1cccs1)CC(CC)(CC)CBr. The Morgan fingerprint density at radius 2 is 2.00 bits per heavy atom. The van der Waals surface area contributed by atoms with Gasteiger partial charge in [0.15, 0.2) is 0 Å². The van der Waals surface area contributed by atoms with E-state index in [9.17, 15) is 0 Å². The van der Waals surface area contributed by atoms with E-state index in [1.165, 1.54) is 24.3 Å². The number of alkyl halides is 1. The smallest absolute Gasteiger partial charge is 0.0328 e. The molecule has 0 aliphatic heterocycles. The normalized spacial score (nSPS) is 12.3. The van der Waals surface area contributed by atoms with Crippen molar-refractivity contribution in [1.82, 2.24) is 4.90 Å². The molecule has 0 aliphatic carbocycles. The van der Waals surface area contributed by atoms with Gasteiger partial charge in [-0.2, -0.15) is 0 Å². The van der Waals surface area contributed by atoms with Crippen molar-refractivity contribution >= 4 is 27.3 Å². The number of thiophene rings is 1. The predicted octanol–water partition coefficient (Wildman–Crippen LogP) is 4.77. The zero-order chi connectivity index (χ0) is 12.7. The largest absolute Gasteiger partial charge is 0.298 e. The fraction of sp³-hybridized carbons (Fsp3) is 0.714. The minimum absolute atomic E-state index is 0.438. The highest BCUT2D eigenvalue weighted by atomic mass is 79.9. The molecule has 0 aliphatic rings. The molecule has 0 fully saturated rings. The maximum absolute atomic E-state index is 3.70. The summed E-state index contributed by atoms with van der Waals surface area (Å²) in [6.45, 7) is 10.3. The Hall–Kier alpha value is 0.140. The molecule has 98 valence electrons. The van der Waals surface area contributed by atoms with Gasteiger partial charge in [-0.15, -0.1) is 11.3 Å². The molecule has 0 saturated carbocycles. The molecule has 0 atom stereocenters. The van der Waals surface area contributed by atoms with Crippen LogP contribution in [-0.2, 0) is 6.54 Å². The van der Waals surface area contributed by atoms with Crippen LogP contribution in [0.2, 0.25) is 0 Å². The molecule has 0 radical (unpaired) electrons. The van der Waals surface area contributed by atoms with E-state index in [0.29, 0.717) is 5.41 Å². The van der Waals surface area contributed by atoms with E-state index in [2.05, 4.69) is 59.1 Å². The quantitative estimate of drug-likeness (QED) is 0.624. The van der Waals surface area contributed by atoms with Crippen LogP contribution in [0.15, 0.2) is 17.5 Å². The van der Waals surface area contributed by atoms with Gasteiger partial charge in [0.05, 0.1) is 0 Å². The summed E-state index contributed by atoms with van der Waals surface area (Å²) in [5.74, 6) is 0. The summed E-state index contributed by atoms with van der Waals surface area (Å²) in [5, 5.41) is 3.27. The standard InChI is InChI=1S/C14H24BrNS/c1-4-14(5-2,11-15)12-16(6-3)10-13-8-7-9-17-13/h7-9H,4-6,10-12H2,1-3H3. The molecule has 1 aromatic rings. The first-order chi connectivity index (χ1) is 8.19. The summed E-state index contributed by atoms with van der Waals surface area (Å²) in [6, 6.07) is 4.38. The summed E-state index contributed by atoms with van der Waals surface area (Å²) in [5.41, 5.74) is 0.438. The first-order valence-electron chi connectivity index (χ1n) is 6.50. The van der Waals surface area contributed by atoms with Gasteiger partial charge in [-0.1, -0.05) is 42.8 Å². The van der Waals surface area contributed by atoms with Gasteiger partial charge in [0, 0.05) is 23.3 Å². The van der Waals surface area contributed by atoms with Crippen LogP contribution in [0.5, 0.6) is 0 Å². The van der Waals surface area contributed by atoms with Gasteiger partial charge in [0.2, 0.25) is 0 Å². The van der Waals surface area contributed by atoms with Crippen LogP contribution in [0.3, 0.4) is 0 Å². The lowest BCUT2D eigenvalue weighted by molar-refractivity contribution is 0.159. The van der Waals surface area contributed by atoms with Crippen LogP contribution in [0.25, 0.3) is 0 Å². The zero-order valence-corrected chi connectivity index (χ0v) is 13.6. The molecule has 0 bridgehead atoms. The molecular formula is C14H24BrNS. The molecule has 1 nitrogen and oxygen atoms in total. The van der Waals surface area contributed by atoms with E-state index < -0.39 is 0 Å². The summed E-state index contributed by atoms with van der Waals surface area (Å²) in [4.78, 5) is 4.04. The molecule has 0 amide bonds. The lowest BCUT2D eigenvalue weighted by Crippen LogP contribution is -2.37. The van der Waals surface area contributed by atoms with Gasteiger partial charge in [0.1, 0.15) is 0 Å². The lowest BCUT2D eigenvalue weighted by Gasteiger charge is -2.35. The fourth-order valence-electron chi connectivity index (χ4n) is 2.08. The molecule has 1 rings (SSSR count). The Bertz CT molecular complexity index is 285. The minimum atomic E-state index is 0.438. The van der Waals surface area contributed by atoms with Crippen molar-refractivity contribution in [1.29, 1.82) is 0 Å². The third-order valence-electron chi connectivity index (χ3n) is 3.75. The Balaban J connectivity index is 2.61. The molecule has 0 N–H and O–H groups in total. The van der Waals surface area contributed by atoms with Crippen LogP contribution in [0.1, 0.15) is 38.5 Å². The van der Waals surface area contributed by atoms with E-state index in [4.69, 9.17) is 0 Å². The molecule has 1 heterocycles. The highest BCUT2D eigenvalue weighted by Gasteiger charge is 2.27. The number of rotatable bonds is 8. The van der Waals surface area contributed by atoms with Gasteiger partial charge in [-0.25, -0.2) is 0 Å². The van der Waals surface area contributed by atoms with E-state index in [0.717, 1.165) is 18.4 Å². The Kier molecular flexibility index (Phi) is 6.75. The number of halogens is 1. The van der Waals surface area contributed by atoms with E-state index >= 15 is 0 Å². The van der Waals surface area contributed by atoms with Crippen molar-refractivity contribution < 1.29 is 0 Å². The highest BCUT2D eigenvalue weighted by molar-refractivity contribution is 9.09. The van der Waals surface area contributed by atoms with E-state index in [1.807, 2.05) is 11.3 Å². The van der Waals surface area contributed by atoms with Gasteiger partial charge >= 0.3 is 0 Å². The van der Waals surface area contributed by atoms with Crippen LogP contribution >= 0.6 is 27.3 Å². The second kappa shape index (κ2) is 7.55. The first-order valence-corrected chi connectivity index (χ1v) is 8.50. The first kappa shape index (κ1) is 15.2. The molecule has 0 aromatic carbocycles. The zero-order valence-electron chi connectivity index (χ0n) is 11.2. The molecule has 3 heteroatoms.